The van der Waals surface area contributed by atoms with Crippen molar-refractivity contribution in [1.29, 1.82) is 0 Å². The first-order chi connectivity index (χ1) is 13.7. The highest BCUT2D eigenvalue weighted by atomic mass is 32.1. The smallest absolute Gasteiger partial charge is 0.260 e. The number of para-hydroxylation sites is 1. The van der Waals surface area contributed by atoms with Gasteiger partial charge in [0, 0.05) is 5.56 Å². The summed E-state index contributed by atoms with van der Waals surface area (Å²) >= 11 is 1.44. The molecule has 28 heavy (non-hydrogen) atoms. The molecule has 2 aromatic carbocycles. The molecular weight excluding hydrogens is 376 g/mol. The Morgan fingerprint density at radius 2 is 1.89 bits per heavy atom. The highest BCUT2D eigenvalue weighted by molar-refractivity contribution is 7.22. The number of carbonyl (C=O) groups excluding carboxylic acids is 1. The summed E-state index contributed by atoms with van der Waals surface area (Å²) in [5.74, 6) is 1.87. The highest BCUT2D eigenvalue weighted by Crippen LogP contribution is 2.35. The number of thiazole rings is 1. The summed E-state index contributed by atoms with van der Waals surface area (Å²) in [7, 11) is 3.20. The second-order valence-corrected chi connectivity index (χ2v) is 7.01. The Kier molecular flexibility index (Phi) is 4.99. The average molecular weight is 394 g/mol. The zero-order valence-corrected chi connectivity index (χ0v) is 16.2. The maximum Gasteiger partial charge on any atom is 0.260 e. The maximum atomic E-state index is 13.3. The van der Waals surface area contributed by atoms with Crippen LogP contribution in [0.15, 0.2) is 65.3 Å². The number of furan rings is 1. The van der Waals surface area contributed by atoms with Crippen LogP contribution < -0.4 is 14.4 Å². The zero-order chi connectivity index (χ0) is 19.5. The van der Waals surface area contributed by atoms with E-state index in [-0.39, 0.29) is 12.5 Å². The van der Waals surface area contributed by atoms with Gasteiger partial charge >= 0.3 is 0 Å². The minimum absolute atomic E-state index is 0.169. The molecule has 0 N–H and O–H groups in total. The molecule has 0 bridgehead atoms. The van der Waals surface area contributed by atoms with Crippen molar-refractivity contribution in [2.75, 3.05) is 19.1 Å². The SMILES string of the molecule is COc1ccc(C(=O)N(Cc2ccco2)c2nc3c(OC)cccc3s2)cc1. The van der Waals surface area contributed by atoms with E-state index in [1.807, 2.05) is 24.3 Å². The van der Waals surface area contributed by atoms with Crippen LogP contribution in [0.1, 0.15) is 16.1 Å². The van der Waals surface area contributed by atoms with Crippen molar-refractivity contribution in [1.82, 2.24) is 4.98 Å². The van der Waals surface area contributed by atoms with Gasteiger partial charge in [-0.3, -0.25) is 9.69 Å². The molecule has 4 rings (SSSR count). The van der Waals surface area contributed by atoms with Crippen LogP contribution in [0.4, 0.5) is 5.13 Å². The van der Waals surface area contributed by atoms with Crippen molar-refractivity contribution in [3.05, 3.63) is 72.2 Å². The molecule has 0 atom stereocenters. The summed E-state index contributed by atoms with van der Waals surface area (Å²) in [6.45, 7) is 0.278. The largest absolute Gasteiger partial charge is 0.497 e. The minimum atomic E-state index is -0.169. The van der Waals surface area contributed by atoms with Crippen LogP contribution in [0.2, 0.25) is 0 Å². The number of amides is 1. The molecule has 0 spiro atoms. The first kappa shape index (κ1) is 18.1. The van der Waals surface area contributed by atoms with Gasteiger partial charge in [0.05, 0.1) is 31.7 Å². The molecular formula is C21H18N2O4S. The van der Waals surface area contributed by atoms with E-state index in [0.29, 0.717) is 28.0 Å². The normalized spacial score (nSPS) is 10.8. The molecule has 142 valence electrons. The predicted molar refractivity (Wildman–Crippen MR) is 108 cm³/mol. The number of methoxy groups -OCH3 is 2. The van der Waals surface area contributed by atoms with Gasteiger partial charge in [-0.1, -0.05) is 17.4 Å². The van der Waals surface area contributed by atoms with E-state index < -0.39 is 0 Å². The topological polar surface area (TPSA) is 64.8 Å². The molecule has 6 nitrogen and oxygen atoms in total. The third-order valence-electron chi connectivity index (χ3n) is 4.30. The number of ether oxygens (including phenoxy) is 2. The number of hydrogen-bond donors (Lipinski definition) is 0. The molecule has 0 unspecified atom stereocenters. The van der Waals surface area contributed by atoms with E-state index in [1.54, 1.807) is 55.7 Å². The fourth-order valence-electron chi connectivity index (χ4n) is 2.87. The molecule has 0 aliphatic rings. The van der Waals surface area contributed by atoms with Crippen LogP contribution in [-0.2, 0) is 6.54 Å². The van der Waals surface area contributed by atoms with E-state index in [9.17, 15) is 4.79 Å². The van der Waals surface area contributed by atoms with E-state index in [4.69, 9.17) is 13.9 Å². The van der Waals surface area contributed by atoms with Crippen molar-refractivity contribution in [2.45, 2.75) is 6.54 Å². The van der Waals surface area contributed by atoms with Crippen molar-refractivity contribution in [2.24, 2.45) is 0 Å². The summed E-state index contributed by atoms with van der Waals surface area (Å²) in [6.07, 6.45) is 1.59. The molecule has 0 aliphatic carbocycles. The number of rotatable bonds is 6. The number of aromatic nitrogens is 1. The summed E-state index contributed by atoms with van der Waals surface area (Å²) in [4.78, 5) is 19.6. The minimum Gasteiger partial charge on any atom is -0.497 e. The molecule has 2 aromatic heterocycles. The number of hydrogen-bond acceptors (Lipinski definition) is 6. The quantitative estimate of drug-likeness (QED) is 0.472. The summed E-state index contributed by atoms with van der Waals surface area (Å²) in [5.41, 5.74) is 1.27. The van der Waals surface area contributed by atoms with Crippen molar-refractivity contribution < 1.29 is 18.7 Å². The van der Waals surface area contributed by atoms with Gasteiger partial charge in [-0.15, -0.1) is 0 Å². The number of benzene rings is 2. The Morgan fingerprint density at radius 3 is 2.57 bits per heavy atom. The predicted octanol–water partition coefficient (Wildman–Crippen LogP) is 4.75. The van der Waals surface area contributed by atoms with Gasteiger partial charge in [-0.2, -0.15) is 0 Å². The molecule has 0 saturated heterocycles. The lowest BCUT2D eigenvalue weighted by atomic mass is 10.2. The van der Waals surface area contributed by atoms with E-state index >= 15 is 0 Å². The fourth-order valence-corrected chi connectivity index (χ4v) is 3.85. The Balaban J connectivity index is 1.75. The molecule has 1 amide bonds. The van der Waals surface area contributed by atoms with E-state index in [1.165, 1.54) is 11.3 Å². The fraction of sp³-hybridized carbons (Fsp3) is 0.143. The van der Waals surface area contributed by atoms with Crippen LogP contribution in [0.25, 0.3) is 10.2 Å². The second kappa shape index (κ2) is 7.74. The lowest BCUT2D eigenvalue weighted by Gasteiger charge is -2.19. The first-order valence-electron chi connectivity index (χ1n) is 8.61. The van der Waals surface area contributed by atoms with Gasteiger partial charge in [-0.05, 0) is 48.5 Å². The standard InChI is InChI=1S/C21H18N2O4S/c1-25-15-10-8-14(9-11-15)20(24)23(13-16-5-4-12-27-16)21-22-19-17(26-2)6-3-7-18(19)28-21/h3-12H,13H2,1-2H3. The van der Waals surface area contributed by atoms with E-state index in [2.05, 4.69) is 4.98 Å². The molecule has 0 fully saturated rings. The molecule has 0 saturated carbocycles. The lowest BCUT2D eigenvalue weighted by Crippen LogP contribution is -2.30. The van der Waals surface area contributed by atoms with Gasteiger partial charge in [0.2, 0.25) is 0 Å². The summed E-state index contributed by atoms with van der Waals surface area (Å²) in [5, 5.41) is 0.580. The number of anilines is 1. The van der Waals surface area contributed by atoms with Crippen molar-refractivity contribution in [3.63, 3.8) is 0 Å². The van der Waals surface area contributed by atoms with Crippen LogP contribution in [0, 0.1) is 0 Å². The monoisotopic (exact) mass is 394 g/mol. The van der Waals surface area contributed by atoms with Gasteiger partial charge in [-0.25, -0.2) is 4.98 Å². The Morgan fingerprint density at radius 1 is 1.07 bits per heavy atom. The Hall–Kier alpha value is -3.32. The maximum absolute atomic E-state index is 13.3. The third-order valence-corrected chi connectivity index (χ3v) is 5.34. The lowest BCUT2D eigenvalue weighted by molar-refractivity contribution is 0.0983. The second-order valence-electron chi connectivity index (χ2n) is 6.00. The van der Waals surface area contributed by atoms with E-state index in [0.717, 1.165) is 10.2 Å². The van der Waals surface area contributed by atoms with Crippen LogP contribution in [0.3, 0.4) is 0 Å². The molecule has 0 aliphatic heterocycles. The first-order valence-corrected chi connectivity index (χ1v) is 9.43. The third kappa shape index (κ3) is 3.44. The van der Waals surface area contributed by atoms with Gasteiger partial charge in [0.15, 0.2) is 5.13 Å². The Bertz CT molecular complexity index is 1090. The highest BCUT2D eigenvalue weighted by Gasteiger charge is 2.23. The van der Waals surface area contributed by atoms with Gasteiger partial charge < -0.3 is 13.9 Å². The molecule has 0 radical (unpaired) electrons. The number of fused-ring (bicyclic) bond motifs is 1. The number of carbonyl (C=O) groups is 1. The zero-order valence-electron chi connectivity index (χ0n) is 15.4. The van der Waals surface area contributed by atoms with Crippen molar-refractivity contribution >= 4 is 32.6 Å². The van der Waals surface area contributed by atoms with Crippen LogP contribution in [-0.4, -0.2) is 25.1 Å². The molecule has 2 heterocycles. The summed E-state index contributed by atoms with van der Waals surface area (Å²) in [6, 6.07) is 16.4. The summed E-state index contributed by atoms with van der Waals surface area (Å²) < 4.78 is 17.0. The average Bonchev–Trinajstić information content (AvgIpc) is 3.40. The molecule has 7 heteroatoms. The van der Waals surface area contributed by atoms with Crippen LogP contribution in [0.5, 0.6) is 11.5 Å². The Labute approximate surface area is 165 Å². The van der Waals surface area contributed by atoms with Crippen molar-refractivity contribution in [3.8, 4) is 11.5 Å². The van der Waals surface area contributed by atoms with Gasteiger partial charge in [0.1, 0.15) is 22.8 Å². The number of nitrogens with zero attached hydrogens (tertiary/aromatic N) is 2. The van der Waals surface area contributed by atoms with Crippen LogP contribution >= 0.6 is 11.3 Å². The van der Waals surface area contributed by atoms with Gasteiger partial charge in [0.25, 0.3) is 5.91 Å². The molecule has 4 aromatic rings.